The molecule has 0 bridgehead atoms. The van der Waals surface area contributed by atoms with Crippen LogP contribution in [0.4, 0.5) is 0 Å². The summed E-state index contributed by atoms with van der Waals surface area (Å²) in [6.45, 7) is 3.63. The SMILES string of the molecule is CN(CN=O)C(=O)C(C)(C)SCc1ccccc1. The fraction of sp³-hybridized carbons (Fsp3) is 0.462. The van der Waals surface area contributed by atoms with E-state index in [1.165, 1.54) is 10.5 Å². The van der Waals surface area contributed by atoms with Crippen molar-refractivity contribution in [3.8, 4) is 0 Å². The standard InChI is InChI=1S/C13H18N2O2S/c1-13(2,12(16)15(3)10-14-17)18-9-11-7-5-4-6-8-11/h4-8H,9-10H2,1-3H3. The topological polar surface area (TPSA) is 49.7 Å². The zero-order valence-electron chi connectivity index (χ0n) is 10.9. The Bertz CT molecular complexity index is 407. The van der Waals surface area contributed by atoms with E-state index in [0.29, 0.717) is 0 Å². The highest BCUT2D eigenvalue weighted by Gasteiger charge is 2.30. The van der Waals surface area contributed by atoms with Crippen molar-refractivity contribution < 1.29 is 4.79 Å². The molecule has 0 atom stereocenters. The van der Waals surface area contributed by atoms with Gasteiger partial charge in [0.1, 0.15) is 0 Å². The molecule has 0 aromatic heterocycles. The zero-order chi connectivity index (χ0) is 13.6. The number of rotatable bonds is 6. The summed E-state index contributed by atoms with van der Waals surface area (Å²) in [4.78, 5) is 23.6. The van der Waals surface area contributed by atoms with Crippen molar-refractivity contribution >= 4 is 17.7 Å². The lowest BCUT2D eigenvalue weighted by atomic mass is 10.2. The average molecular weight is 266 g/mol. The van der Waals surface area contributed by atoms with E-state index in [1.54, 1.807) is 18.8 Å². The van der Waals surface area contributed by atoms with Crippen LogP contribution in [0.15, 0.2) is 35.5 Å². The van der Waals surface area contributed by atoms with Crippen molar-refractivity contribution in [2.24, 2.45) is 5.18 Å². The molecule has 0 radical (unpaired) electrons. The highest BCUT2D eigenvalue weighted by molar-refractivity contribution is 8.00. The molecule has 5 heteroatoms. The Morgan fingerprint density at radius 3 is 2.50 bits per heavy atom. The van der Waals surface area contributed by atoms with Gasteiger partial charge in [-0.05, 0) is 24.6 Å². The molecule has 0 N–H and O–H groups in total. The van der Waals surface area contributed by atoms with Crippen molar-refractivity contribution in [2.45, 2.75) is 24.3 Å². The van der Waals surface area contributed by atoms with Crippen LogP contribution in [-0.4, -0.2) is 29.3 Å². The third-order valence-corrected chi connectivity index (χ3v) is 3.95. The van der Waals surface area contributed by atoms with E-state index in [-0.39, 0.29) is 12.6 Å². The van der Waals surface area contributed by atoms with Crippen LogP contribution in [-0.2, 0) is 10.5 Å². The fourth-order valence-electron chi connectivity index (χ4n) is 1.51. The molecule has 1 amide bonds. The monoisotopic (exact) mass is 266 g/mol. The second-order valence-corrected chi connectivity index (χ2v) is 6.16. The van der Waals surface area contributed by atoms with Crippen molar-refractivity contribution in [1.82, 2.24) is 4.90 Å². The Morgan fingerprint density at radius 2 is 1.94 bits per heavy atom. The maximum Gasteiger partial charge on any atom is 0.239 e. The van der Waals surface area contributed by atoms with Crippen LogP contribution in [0.1, 0.15) is 19.4 Å². The molecule has 98 valence electrons. The number of hydrogen-bond acceptors (Lipinski definition) is 4. The Morgan fingerprint density at radius 1 is 1.33 bits per heavy atom. The number of nitrogens with zero attached hydrogens (tertiary/aromatic N) is 2. The summed E-state index contributed by atoms with van der Waals surface area (Å²) in [5.74, 6) is 0.685. The summed E-state index contributed by atoms with van der Waals surface area (Å²) in [7, 11) is 1.59. The minimum Gasteiger partial charge on any atom is -0.322 e. The second kappa shape index (κ2) is 6.54. The molecule has 0 saturated heterocycles. The molecular weight excluding hydrogens is 248 g/mol. The van der Waals surface area contributed by atoms with Gasteiger partial charge in [0, 0.05) is 12.8 Å². The van der Waals surface area contributed by atoms with Crippen molar-refractivity contribution in [2.75, 3.05) is 13.7 Å². The second-order valence-electron chi connectivity index (χ2n) is 4.56. The first kappa shape index (κ1) is 14.7. The van der Waals surface area contributed by atoms with Crippen molar-refractivity contribution in [3.63, 3.8) is 0 Å². The maximum atomic E-state index is 12.1. The molecule has 0 fully saturated rings. The minimum atomic E-state index is -0.560. The molecule has 1 aromatic rings. The van der Waals surface area contributed by atoms with Gasteiger partial charge in [0.15, 0.2) is 6.67 Å². The van der Waals surface area contributed by atoms with Crippen molar-refractivity contribution in [1.29, 1.82) is 0 Å². The summed E-state index contributed by atoms with van der Waals surface area (Å²) < 4.78 is -0.560. The number of benzene rings is 1. The van der Waals surface area contributed by atoms with Crippen LogP contribution in [0.2, 0.25) is 0 Å². The van der Waals surface area contributed by atoms with E-state index < -0.39 is 4.75 Å². The van der Waals surface area contributed by atoms with Crippen LogP contribution in [0.5, 0.6) is 0 Å². The number of amides is 1. The van der Waals surface area contributed by atoms with Gasteiger partial charge >= 0.3 is 0 Å². The van der Waals surface area contributed by atoms with Gasteiger partial charge in [-0.3, -0.25) is 4.79 Å². The lowest BCUT2D eigenvalue weighted by molar-refractivity contribution is -0.131. The summed E-state index contributed by atoms with van der Waals surface area (Å²) in [5.41, 5.74) is 1.18. The number of hydrogen-bond donors (Lipinski definition) is 0. The first-order valence-corrected chi connectivity index (χ1v) is 6.68. The first-order chi connectivity index (χ1) is 8.47. The summed E-state index contributed by atoms with van der Waals surface area (Å²) in [6, 6.07) is 9.99. The molecular formula is C13H18N2O2S. The highest BCUT2D eigenvalue weighted by atomic mass is 32.2. The molecule has 4 nitrogen and oxygen atoms in total. The van der Waals surface area contributed by atoms with Gasteiger partial charge in [0.2, 0.25) is 5.91 Å². The zero-order valence-corrected chi connectivity index (χ0v) is 11.7. The minimum absolute atomic E-state index is 0.0805. The van der Waals surface area contributed by atoms with Crippen molar-refractivity contribution in [3.05, 3.63) is 40.8 Å². The molecule has 0 aliphatic carbocycles. The van der Waals surface area contributed by atoms with E-state index in [1.807, 2.05) is 44.2 Å². The van der Waals surface area contributed by atoms with Gasteiger partial charge in [0.05, 0.1) is 4.75 Å². The predicted molar refractivity (Wildman–Crippen MR) is 75.2 cm³/mol. The molecule has 0 spiro atoms. The Labute approximate surface area is 112 Å². The van der Waals surface area contributed by atoms with Gasteiger partial charge in [-0.25, -0.2) is 0 Å². The molecule has 0 aliphatic rings. The number of nitroso groups, excluding NO2 is 1. The van der Waals surface area contributed by atoms with E-state index in [0.717, 1.165) is 5.75 Å². The predicted octanol–water partition coefficient (Wildman–Crippen LogP) is 2.88. The lowest BCUT2D eigenvalue weighted by Gasteiger charge is -2.27. The van der Waals surface area contributed by atoms with Gasteiger partial charge in [-0.1, -0.05) is 30.3 Å². The third-order valence-electron chi connectivity index (χ3n) is 2.57. The third kappa shape index (κ3) is 4.14. The average Bonchev–Trinajstić information content (AvgIpc) is 2.37. The number of thioether (sulfide) groups is 1. The smallest absolute Gasteiger partial charge is 0.239 e. The fourth-order valence-corrected chi connectivity index (χ4v) is 2.51. The van der Waals surface area contributed by atoms with Gasteiger partial charge < -0.3 is 4.90 Å². The molecule has 1 rings (SSSR count). The van der Waals surface area contributed by atoms with Gasteiger partial charge in [-0.15, -0.1) is 16.7 Å². The summed E-state index contributed by atoms with van der Waals surface area (Å²) in [6.07, 6.45) is 0. The molecule has 18 heavy (non-hydrogen) atoms. The van der Waals surface area contributed by atoms with Gasteiger partial charge in [0.25, 0.3) is 0 Å². The Kier molecular flexibility index (Phi) is 5.34. The lowest BCUT2D eigenvalue weighted by Crippen LogP contribution is -2.41. The Hall–Kier alpha value is -1.36. The molecule has 0 aliphatic heterocycles. The van der Waals surface area contributed by atoms with E-state index >= 15 is 0 Å². The van der Waals surface area contributed by atoms with E-state index in [9.17, 15) is 9.70 Å². The Balaban J connectivity index is 2.58. The number of carbonyl (C=O) groups excluding carboxylic acids is 1. The molecule has 1 aromatic carbocycles. The molecule has 0 unspecified atom stereocenters. The van der Waals surface area contributed by atoms with Crippen LogP contribution < -0.4 is 0 Å². The summed E-state index contributed by atoms with van der Waals surface area (Å²) >= 11 is 1.56. The van der Waals surface area contributed by atoms with Crippen LogP contribution in [0, 0.1) is 4.91 Å². The largest absolute Gasteiger partial charge is 0.322 e. The molecule has 0 saturated carbocycles. The van der Waals surface area contributed by atoms with Crippen LogP contribution in [0.25, 0.3) is 0 Å². The van der Waals surface area contributed by atoms with Gasteiger partial charge in [-0.2, -0.15) is 0 Å². The van der Waals surface area contributed by atoms with Crippen LogP contribution in [0.3, 0.4) is 0 Å². The first-order valence-electron chi connectivity index (χ1n) is 5.70. The maximum absolute atomic E-state index is 12.1. The van der Waals surface area contributed by atoms with E-state index in [4.69, 9.17) is 0 Å². The van der Waals surface area contributed by atoms with Crippen LogP contribution >= 0.6 is 11.8 Å². The molecule has 0 heterocycles. The van der Waals surface area contributed by atoms with E-state index in [2.05, 4.69) is 5.18 Å². The number of carbonyl (C=O) groups is 1. The highest BCUT2D eigenvalue weighted by Crippen LogP contribution is 2.29. The normalized spacial score (nSPS) is 11.1. The summed E-state index contributed by atoms with van der Waals surface area (Å²) in [5, 5.41) is 2.73. The quantitative estimate of drug-likeness (QED) is 0.744.